The molecule has 188 valence electrons. The Bertz CT molecular complexity index is 1190. The average Bonchev–Trinajstić information content (AvgIpc) is 3.35. The fourth-order valence-electron chi connectivity index (χ4n) is 4.97. The smallest absolute Gasteiger partial charge is 0.274 e. The number of carbonyl (C=O) groups excluding carboxylic acids is 2. The van der Waals surface area contributed by atoms with Crippen LogP contribution in [0, 0.1) is 11.7 Å². The van der Waals surface area contributed by atoms with Crippen molar-refractivity contribution in [1.82, 2.24) is 19.8 Å². The summed E-state index contributed by atoms with van der Waals surface area (Å²) in [6, 6.07) is 16.5. The largest absolute Gasteiger partial charge is 0.365 e. The summed E-state index contributed by atoms with van der Waals surface area (Å²) in [6.07, 6.45) is 4.61. The van der Waals surface area contributed by atoms with E-state index < -0.39 is 0 Å². The highest BCUT2D eigenvalue weighted by Gasteiger charge is 2.32. The number of likely N-dealkylation sites (tertiary alicyclic amines) is 1. The highest BCUT2D eigenvalue weighted by molar-refractivity contribution is 5.93. The Morgan fingerprint density at radius 3 is 2.56 bits per heavy atom. The normalized spacial score (nSPS) is 18.0. The third kappa shape index (κ3) is 5.49. The molecule has 2 aliphatic heterocycles. The molecule has 0 radical (unpaired) electrons. The molecule has 1 atom stereocenters. The van der Waals surface area contributed by atoms with Crippen LogP contribution < -0.4 is 5.32 Å². The van der Waals surface area contributed by atoms with E-state index in [0.29, 0.717) is 44.7 Å². The van der Waals surface area contributed by atoms with Crippen molar-refractivity contribution in [3.8, 4) is 0 Å². The van der Waals surface area contributed by atoms with Gasteiger partial charge < -0.3 is 19.5 Å². The monoisotopic (exact) mass is 490 g/mol. The van der Waals surface area contributed by atoms with Crippen molar-refractivity contribution in [3.05, 3.63) is 89.3 Å². The Balaban J connectivity index is 1.10. The number of nitrogens with one attached hydrogen (secondary N) is 1. The zero-order valence-corrected chi connectivity index (χ0v) is 20.2. The van der Waals surface area contributed by atoms with Crippen LogP contribution in [0.2, 0.25) is 0 Å². The van der Waals surface area contributed by atoms with E-state index in [0.717, 1.165) is 24.1 Å². The second kappa shape index (κ2) is 11.0. The van der Waals surface area contributed by atoms with Crippen LogP contribution in [0.15, 0.2) is 60.9 Å². The number of imidazole rings is 1. The standard InChI is InChI=1S/C28H31FN4O3/c29-23-10-8-21(9-11-23)25-17-33-19-31-26(24(33)18-36-25)28(35)32-15-12-22(13-16-32)27(34)30-14-4-7-20-5-2-1-3-6-20/h1-3,5-6,8-11,19,22,25H,4,7,12-18H2,(H,30,34)/t25-/m1/s1. The lowest BCUT2D eigenvalue weighted by molar-refractivity contribution is -0.126. The molecular weight excluding hydrogens is 459 g/mol. The van der Waals surface area contributed by atoms with Gasteiger partial charge in [0, 0.05) is 25.6 Å². The average molecular weight is 491 g/mol. The fraction of sp³-hybridized carbons (Fsp3) is 0.393. The van der Waals surface area contributed by atoms with E-state index in [4.69, 9.17) is 4.74 Å². The molecule has 0 saturated carbocycles. The number of amides is 2. The summed E-state index contributed by atoms with van der Waals surface area (Å²) in [6.45, 7) is 2.52. The lowest BCUT2D eigenvalue weighted by Crippen LogP contribution is -2.43. The summed E-state index contributed by atoms with van der Waals surface area (Å²) in [5.41, 5.74) is 3.34. The summed E-state index contributed by atoms with van der Waals surface area (Å²) >= 11 is 0. The second-order valence-electron chi connectivity index (χ2n) is 9.49. The first-order chi connectivity index (χ1) is 17.6. The highest BCUT2D eigenvalue weighted by atomic mass is 19.1. The van der Waals surface area contributed by atoms with Gasteiger partial charge in [-0.25, -0.2) is 9.37 Å². The number of hydrogen-bond acceptors (Lipinski definition) is 4. The van der Waals surface area contributed by atoms with Crippen molar-refractivity contribution in [2.24, 2.45) is 5.92 Å². The minimum Gasteiger partial charge on any atom is -0.365 e. The highest BCUT2D eigenvalue weighted by Crippen LogP contribution is 2.29. The van der Waals surface area contributed by atoms with Crippen LogP contribution in [-0.2, 0) is 29.1 Å². The summed E-state index contributed by atoms with van der Waals surface area (Å²) in [5, 5.41) is 3.06. The van der Waals surface area contributed by atoms with E-state index in [9.17, 15) is 14.0 Å². The molecule has 1 fully saturated rings. The maximum Gasteiger partial charge on any atom is 0.274 e. The number of aryl methyl sites for hydroxylation is 1. The predicted octanol–water partition coefficient (Wildman–Crippen LogP) is 3.89. The van der Waals surface area contributed by atoms with Crippen molar-refractivity contribution in [2.75, 3.05) is 19.6 Å². The van der Waals surface area contributed by atoms with Gasteiger partial charge in [0.1, 0.15) is 11.9 Å². The Morgan fingerprint density at radius 1 is 1.06 bits per heavy atom. The molecule has 0 spiro atoms. The molecule has 1 N–H and O–H groups in total. The molecule has 8 heteroatoms. The number of carbonyl (C=O) groups is 2. The van der Waals surface area contributed by atoms with Gasteiger partial charge in [0.15, 0.2) is 5.69 Å². The number of benzene rings is 2. The first-order valence-electron chi connectivity index (χ1n) is 12.6. The minimum atomic E-state index is -0.282. The fourth-order valence-corrected chi connectivity index (χ4v) is 4.97. The molecule has 0 unspecified atom stereocenters. The van der Waals surface area contributed by atoms with Crippen LogP contribution >= 0.6 is 0 Å². The first kappa shape index (κ1) is 24.2. The van der Waals surface area contributed by atoms with Crippen molar-refractivity contribution in [3.63, 3.8) is 0 Å². The first-order valence-corrected chi connectivity index (χ1v) is 12.6. The number of aromatic nitrogens is 2. The van der Waals surface area contributed by atoms with Crippen molar-refractivity contribution in [1.29, 1.82) is 0 Å². The molecule has 0 aliphatic carbocycles. The number of rotatable bonds is 7. The van der Waals surface area contributed by atoms with Gasteiger partial charge in [0.05, 0.1) is 25.2 Å². The molecule has 5 rings (SSSR count). The van der Waals surface area contributed by atoms with Gasteiger partial charge in [-0.15, -0.1) is 0 Å². The molecule has 2 aliphatic rings. The van der Waals surface area contributed by atoms with Gasteiger partial charge in [0.2, 0.25) is 5.91 Å². The third-order valence-electron chi connectivity index (χ3n) is 7.11. The maximum atomic E-state index is 13.2. The summed E-state index contributed by atoms with van der Waals surface area (Å²) in [7, 11) is 0. The number of nitrogens with zero attached hydrogens (tertiary/aromatic N) is 3. The number of halogens is 1. The molecule has 2 amide bonds. The third-order valence-corrected chi connectivity index (χ3v) is 7.11. The van der Waals surface area contributed by atoms with Gasteiger partial charge in [-0.2, -0.15) is 0 Å². The van der Waals surface area contributed by atoms with Crippen molar-refractivity contribution in [2.45, 2.75) is 44.9 Å². The van der Waals surface area contributed by atoms with Crippen LogP contribution in [0.4, 0.5) is 4.39 Å². The molecule has 1 aromatic heterocycles. The van der Waals surface area contributed by atoms with Crippen LogP contribution in [-0.4, -0.2) is 45.9 Å². The predicted molar refractivity (Wildman–Crippen MR) is 133 cm³/mol. The number of piperidine rings is 1. The summed E-state index contributed by atoms with van der Waals surface area (Å²) in [5.74, 6) is -0.388. The Labute approximate surface area is 210 Å². The van der Waals surface area contributed by atoms with Gasteiger partial charge in [0.25, 0.3) is 5.91 Å². The summed E-state index contributed by atoms with van der Waals surface area (Å²) < 4.78 is 21.2. The summed E-state index contributed by atoms with van der Waals surface area (Å²) in [4.78, 5) is 32.0. The second-order valence-corrected chi connectivity index (χ2v) is 9.49. The van der Waals surface area contributed by atoms with Crippen molar-refractivity contribution >= 4 is 11.8 Å². The molecule has 3 heterocycles. The molecule has 0 bridgehead atoms. The van der Waals surface area contributed by atoms with E-state index in [1.54, 1.807) is 23.4 Å². The number of ether oxygens (including phenoxy) is 1. The van der Waals surface area contributed by atoms with Gasteiger partial charge >= 0.3 is 0 Å². The van der Waals surface area contributed by atoms with Gasteiger partial charge in [-0.05, 0) is 48.9 Å². The van der Waals surface area contributed by atoms with E-state index in [2.05, 4.69) is 22.4 Å². The minimum absolute atomic E-state index is 0.0681. The Kier molecular flexibility index (Phi) is 7.41. The molecule has 2 aromatic carbocycles. The van der Waals surface area contributed by atoms with Crippen LogP contribution in [0.25, 0.3) is 0 Å². The maximum absolute atomic E-state index is 13.2. The molecule has 3 aromatic rings. The number of fused-ring (bicyclic) bond motifs is 1. The zero-order valence-electron chi connectivity index (χ0n) is 20.2. The molecular formula is C28H31FN4O3. The number of hydrogen-bond donors (Lipinski definition) is 1. The van der Waals surface area contributed by atoms with E-state index in [1.165, 1.54) is 17.7 Å². The quantitative estimate of drug-likeness (QED) is 0.510. The van der Waals surface area contributed by atoms with Crippen LogP contribution in [0.1, 0.15) is 52.7 Å². The van der Waals surface area contributed by atoms with Crippen LogP contribution in [0.5, 0.6) is 0 Å². The molecule has 7 nitrogen and oxygen atoms in total. The molecule has 36 heavy (non-hydrogen) atoms. The van der Waals surface area contributed by atoms with E-state index in [1.807, 2.05) is 22.8 Å². The Hall–Kier alpha value is -3.52. The Morgan fingerprint density at radius 2 is 1.81 bits per heavy atom. The van der Waals surface area contributed by atoms with E-state index >= 15 is 0 Å². The van der Waals surface area contributed by atoms with Gasteiger partial charge in [-0.1, -0.05) is 42.5 Å². The zero-order chi connectivity index (χ0) is 24.9. The van der Waals surface area contributed by atoms with E-state index in [-0.39, 0.29) is 36.3 Å². The molecule has 1 saturated heterocycles. The topological polar surface area (TPSA) is 76.5 Å². The lowest BCUT2D eigenvalue weighted by Gasteiger charge is -2.31. The van der Waals surface area contributed by atoms with Crippen molar-refractivity contribution < 1.29 is 18.7 Å². The van der Waals surface area contributed by atoms with Gasteiger partial charge in [-0.3, -0.25) is 9.59 Å². The van der Waals surface area contributed by atoms with Crippen LogP contribution in [0.3, 0.4) is 0 Å². The SMILES string of the molecule is O=C(NCCCc1ccccc1)C1CCN(C(=O)c2ncn3c2CO[C@@H](c2ccc(F)cc2)C3)CC1. The lowest BCUT2D eigenvalue weighted by atomic mass is 9.95.